The van der Waals surface area contributed by atoms with E-state index < -0.39 is 0 Å². The first-order valence-corrected chi connectivity index (χ1v) is 3.68. The summed E-state index contributed by atoms with van der Waals surface area (Å²) in [4.78, 5) is 2.21. The first-order valence-electron chi connectivity index (χ1n) is 3.68. The molecule has 1 fully saturated rings. The quantitative estimate of drug-likeness (QED) is 0.560. The first kappa shape index (κ1) is 7.00. The van der Waals surface area contributed by atoms with Gasteiger partial charge in [0.1, 0.15) is 6.67 Å². The van der Waals surface area contributed by atoms with Gasteiger partial charge in [0.2, 0.25) is 0 Å². The van der Waals surface area contributed by atoms with Crippen molar-refractivity contribution in [2.75, 3.05) is 19.8 Å². The van der Waals surface area contributed by atoms with Gasteiger partial charge >= 0.3 is 0 Å². The van der Waals surface area contributed by atoms with Crippen LogP contribution in [0.5, 0.6) is 0 Å². The number of nitrogens with zero attached hydrogens (tertiary/aromatic N) is 1. The van der Waals surface area contributed by atoms with E-state index in [1.807, 2.05) is 0 Å². The SMILES string of the molecule is CCC1CCN1CCF. The van der Waals surface area contributed by atoms with Crippen LogP contribution in [0.15, 0.2) is 0 Å². The normalized spacial score (nSPS) is 28.0. The number of hydrogen-bond donors (Lipinski definition) is 0. The highest BCUT2D eigenvalue weighted by Crippen LogP contribution is 2.18. The largest absolute Gasteiger partial charge is 0.298 e. The predicted molar refractivity (Wildman–Crippen MR) is 36.2 cm³/mol. The highest BCUT2D eigenvalue weighted by Gasteiger charge is 2.24. The summed E-state index contributed by atoms with van der Waals surface area (Å²) in [6, 6.07) is 0.695. The molecule has 0 radical (unpaired) electrons. The van der Waals surface area contributed by atoms with Crippen LogP contribution < -0.4 is 0 Å². The first-order chi connectivity index (χ1) is 4.38. The number of likely N-dealkylation sites (tertiary alicyclic amines) is 1. The molecule has 54 valence electrons. The fourth-order valence-electron chi connectivity index (χ4n) is 1.36. The highest BCUT2D eigenvalue weighted by molar-refractivity contribution is 4.80. The van der Waals surface area contributed by atoms with Crippen LogP contribution in [-0.2, 0) is 0 Å². The molecule has 0 saturated carbocycles. The molecule has 0 bridgehead atoms. The van der Waals surface area contributed by atoms with Gasteiger partial charge in [-0.2, -0.15) is 0 Å². The maximum Gasteiger partial charge on any atom is 0.102 e. The van der Waals surface area contributed by atoms with Crippen molar-refractivity contribution in [2.45, 2.75) is 25.8 Å². The zero-order valence-corrected chi connectivity index (χ0v) is 5.94. The van der Waals surface area contributed by atoms with Crippen LogP contribution in [-0.4, -0.2) is 30.7 Å². The van der Waals surface area contributed by atoms with Crippen LogP contribution in [0.3, 0.4) is 0 Å². The van der Waals surface area contributed by atoms with E-state index in [4.69, 9.17) is 0 Å². The van der Waals surface area contributed by atoms with E-state index in [0.717, 1.165) is 6.54 Å². The van der Waals surface area contributed by atoms with Crippen LogP contribution >= 0.6 is 0 Å². The summed E-state index contributed by atoms with van der Waals surface area (Å²) in [5.74, 6) is 0. The summed E-state index contributed by atoms with van der Waals surface area (Å²) >= 11 is 0. The summed E-state index contributed by atoms with van der Waals surface area (Å²) in [5.41, 5.74) is 0. The fourth-order valence-corrected chi connectivity index (χ4v) is 1.36. The van der Waals surface area contributed by atoms with E-state index in [0.29, 0.717) is 12.6 Å². The third-order valence-corrected chi connectivity index (χ3v) is 2.11. The Morgan fingerprint density at radius 3 is 2.78 bits per heavy atom. The molecule has 1 heterocycles. The average molecular weight is 131 g/mol. The summed E-state index contributed by atoms with van der Waals surface area (Å²) in [5, 5.41) is 0. The van der Waals surface area contributed by atoms with Gasteiger partial charge in [-0.3, -0.25) is 4.90 Å². The third-order valence-electron chi connectivity index (χ3n) is 2.11. The van der Waals surface area contributed by atoms with Gasteiger partial charge in [-0.25, -0.2) is 4.39 Å². The Balaban J connectivity index is 2.11. The van der Waals surface area contributed by atoms with Gasteiger partial charge in [0.25, 0.3) is 0 Å². The second-order valence-corrected chi connectivity index (χ2v) is 2.58. The van der Waals surface area contributed by atoms with Crippen molar-refractivity contribution >= 4 is 0 Å². The molecule has 1 aliphatic heterocycles. The van der Waals surface area contributed by atoms with Crippen LogP contribution in [0.2, 0.25) is 0 Å². The molecule has 0 aliphatic carbocycles. The monoisotopic (exact) mass is 131 g/mol. The Hall–Kier alpha value is -0.110. The maximum atomic E-state index is 11.7. The molecule has 1 atom stereocenters. The average Bonchev–Trinajstić information content (AvgIpc) is 1.82. The smallest absolute Gasteiger partial charge is 0.102 e. The summed E-state index contributed by atoms with van der Waals surface area (Å²) < 4.78 is 11.7. The van der Waals surface area contributed by atoms with E-state index in [9.17, 15) is 4.39 Å². The molecule has 1 rings (SSSR count). The molecular weight excluding hydrogens is 117 g/mol. The molecule has 0 aromatic carbocycles. The van der Waals surface area contributed by atoms with Crippen LogP contribution in [0.4, 0.5) is 4.39 Å². The van der Waals surface area contributed by atoms with Gasteiger partial charge < -0.3 is 0 Å². The lowest BCUT2D eigenvalue weighted by Crippen LogP contribution is -2.47. The van der Waals surface area contributed by atoms with Crippen molar-refractivity contribution in [1.82, 2.24) is 4.90 Å². The Bertz CT molecular complexity index is 83.0. The van der Waals surface area contributed by atoms with Gasteiger partial charge in [0.05, 0.1) is 0 Å². The Kier molecular flexibility index (Phi) is 2.46. The van der Waals surface area contributed by atoms with Crippen molar-refractivity contribution in [2.24, 2.45) is 0 Å². The third kappa shape index (κ3) is 1.42. The number of alkyl halides is 1. The van der Waals surface area contributed by atoms with E-state index in [1.165, 1.54) is 12.8 Å². The van der Waals surface area contributed by atoms with Crippen molar-refractivity contribution in [1.29, 1.82) is 0 Å². The minimum atomic E-state index is -0.184. The van der Waals surface area contributed by atoms with E-state index in [-0.39, 0.29) is 6.67 Å². The lowest BCUT2D eigenvalue weighted by Gasteiger charge is -2.39. The minimum absolute atomic E-state index is 0.184. The predicted octanol–water partition coefficient (Wildman–Crippen LogP) is 1.44. The van der Waals surface area contributed by atoms with Gasteiger partial charge in [0, 0.05) is 19.1 Å². The molecule has 2 heteroatoms. The van der Waals surface area contributed by atoms with Crippen LogP contribution in [0, 0.1) is 0 Å². The summed E-state index contributed by atoms with van der Waals surface area (Å²) in [7, 11) is 0. The fraction of sp³-hybridized carbons (Fsp3) is 1.00. The van der Waals surface area contributed by atoms with Gasteiger partial charge in [0.15, 0.2) is 0 Å². The molecule has 0 amide bonds. The lowest BCUT2D eigenvalue weighted by atomic mass is 10.0. The van der Waals surface area contributed by atoms with Crippen LogP contribution in [0.1, 0.15) is 19.8 Å². The number of hydrogen-bond acceptors (Lipinski definition) is 1. The second kappa shape index (κ2) is 3.16. The van der Waals surface area contributed by atoms with E-state index >= 15 is 0 Å². The summed E-state index contributed by atoms with van der Waals surface area (Å²) in [6.07, 6.45) is 2.45. The molecule has 0 spiro atoms. The molecule has 9 heavy (non-hydrogen) atoms. The molecule has 1 nitrogen and oxygen atoms in total. The van der Waals surface area contributed by atoms with Crippen molar-refractivity contribution in [3.05, 3.63) is 0 Å². The molecule has 1 saturated heterocycles. The lowest BCUT2D eigenvalue weighted by molar-refractivity contribution is 0.0802. The molecular formula is C7H14FN. The van der Waals surface area contributed by atoms with Gasteiger partial charge in [-0.1, -0.05) is 6.92 Å². The van der Waals surface area contributed by atoms with Crippen LogP contribution in [0.25, 0.3) is 0 Å². The highest BCUT2D eigenvalue weighted by atomic mass is 19.1. The Morgan fingerprint density at radius 1 is 1.67 bits per heavy atom. The standard InChI is InChI=1S/C7H14FN/c1-2-7-3-5-9(7)6-4-8/h7H,2-6H2,1H3. The second-order valence-electron chi connectivity index (χ2n) is 2.58. The topological polar surface area (TPSA) is 3.24 Å². The Morgan fingerprint density at radius 2 is 2.44 bits per heavy atom. The van der Waals surface area contributed by atoms with Gasteiger partial charge in [-0.05, 0) is 12.8 Å². The minimum Gasteiger partial charge on any atom is -0.298 e. The van der Waals surface area contributed by atoms with Crippen molar-refractivity contribution in [3.8, 4) is 0 Å². The Labute approximate surface area is 55.8 Å². The summed E-state index contributed by atoms with van der Waals surface area (Å²) in [6.45, 7) is 3.74. The van der Waals surface area contributed by atoms with E-state index in [2.05, 4.69) is 11.8 Å². The molecule has 0 aromatic heterocycles. The molecule has 1 unspecified atom stereocenters. The maximum absolute atomic E-state index is 11.7. The molecule has 0 N–H and O–H groups in total. The van der Waals surface area contributed by atoms with Crippen molar-refractivity contribution < 1.29 is 4.39 Å². The zero-order chi connectivity index (χ0) is 6.69. The molecule has 1 aliphatic rings. The zero-order valence-electron chi connectivity index (χ0n) is 5.94. The van der Waals surface area contributed by atoms with Gasteiger partial charge in [-0.15, -0.1) is 0 Å². The van der Waals surface area contributed by atoms with E-state index in [1.54, 1.807) is 0 Å². The number of halogens is 1. The number of rotatable bonds is 3. The molecule has 0 aromatic rings. The van der Waals surface area contributed by atoms with Crippen molar-refractivity contribution in [3.63, 3.8) is 0 Å².